The maximum atomic E-state index is 11.5. The molecule has 2 heterocycles. The van der Waals surface area contributed by atoms with Crippen molar-refractivity contribution in [3.8, 4) is 34.4 Å². The number of β-amino-alcohol motifs (C(OH)–C–C–N with tert-alkyl or cyclic N) is 1. The minimum absolute atomic E-state index is 0.0514. The van der Waals surface area contributed by atoms with Gasteiger partial charge in [0, 0.05) is 55.8 Å². The standard InChI is InChI=1S/C38H41ClN4O7/c1-25-29(6-3-8-33(25)28-5-2-7-32(14-28)48-12-4-10-43-11-9-31(45)21-43)24-50-37-16-36(49-23-27-13-26(17-40)18-41-19-27)30(15-34(37)39)20-42-35(22-44)38(46)47/h2-3,5-8,13-16,18-19,31,35,42,44-45H,4,9-12,20-24H2,1H3,(H,46,47)/t31-,35-/m1/s1. The Morgan fingerprint density at radius 2 is 1.90 bits per heavy atom. The first kappa shape index (κ1) is 36.6. The molecule has 0 aliphatic carbocycles. The average molecular weight is 701 g/mol. The van der Waals surface area contributed by atoms with Crippen LogP contribution in [0.2, 0.25) is 5.02 Å². The zero-order valence-corrected chi connectivity index (χ0v) is 28.6. The summed E-state index contributed by atoms with van der Waals surface area (Å²) in [5.41, 5.74) is 5.69. The Morgan fingerprint density at radius 3 is 2.66 bits per heavy atom. The molecule has 0 radical (unpaired) electrons. The minimum Gasteiger partial charge on any atom is -0.494 e. The average Bonchev–Trinajstić information content (AvgIpc) is 3.54. The molecule has 3 aromatic carbocycles. The number of carbonyl (C=O) groups is 1. The number of aliphatic hydroxyl groups excluding tert-OH is 2. The molecule has 262 valence electrons. The monoisotopic (exact) mass is 700 g/mol. The Labute approximate surface area is 296 Å². The topological polar surface area (TPSA) is 157 Å². The smallest absolute Gasteiger partial charge is 0.323 e. The van der Waals surface area contributed by atoms with Gasteiger partial charge in [0.2, 0.25) is 0 Å². The highest BCUT2D eigenvalue weighted by Gasteiger charge is 2.20. The maximum Gasteiger partial charge on any atom is 0.323 e. The number of rotatable bonds is 17. The van der Waals surface area contributed by atoms with E-state index in [-0.39, 0.29) is 25.9 Å². The number of hydrogen-bond acceptors (Lipinski definition) is 10. The summed E-state index contributed by atoms with van der Waals surface area (Å²) in [7, 11) is 0. The number of pyridine rings is 1. The zero-order chi connectivity index (χ0) is 35.5. The summed E-state index contributed by atoms with van der Waals surface area (Å²) in [5, 5.41) is 40.9. The van der Waals surface area contributed by atoms with Crippen LogP contribution < -0.4 is 19.5 Å². The largest absolute Gasteiger partial charge is 0.494 e. The first-order valence-electron chi connectivity index (χ1n) is 16.4. The highest BCUT2D eigenvalue weighted by molar-refractivity contribution is 6.32. The third-order valence-corrected chi connectivity index (χ3v) is 8.86. The number of carboxylic acids is 1. The van der Waals surface area contributed by atoms with Crippen molar-refractivity contribution < 1.29 is 34.3 Å². The van der Waals surface area contributed by atoms with Gasteiger partial charge in [0.1, 0.15) is 42.6 Å². The van der Waals surface area contributed by atoms with E-state index in [0.29, 0.717) is 39.8 Å². The number of ether oxygens (including phenoxy) is 3. The molecule has 0 spiro atoms. The first-order valence-corrected chi connectivity index (χ1v) is 16.8. The summed E-state index contributed by atoms with van der Waals surface area (Å²) in [6.45, 7) is 4.97. The van der Waals surface area contributed by atoms with E-state index in [4.69, 9.17) is 25.8 Å². The number of aliphatic carboxylic acids is 1. The number of aliphatic hydroxyl groups is 2. The van der Waals surface area contributed by atoms with Crippen molar-refractivity contribution in [1.29, 1.82) is 5.26 Å². The number of nitrogens with zero attached hydrogens (tertiary/aromatic N) is 3. The molecule has 2 atom stereocenters. The number of carboxylic acid groups (broad SMARTS) is 1. The van der Waals surface area contributed by atoms with Crippen molar-refractivity contribution in [2.24, 2.45) is 0 Å². The molecule has 0 saturated carbocycles. The molecule has 0 bridgehead atoms. The van der Waals surface area contributed by atoms with Crippen LogP contribution in [-0.4, -0.2) is 76.2 Å². The molecule has 0 unspecified atom stereocenters. The van der Waals surface area contributed by atoms with Gasteiger partial charge in [-0.3, -0.25) is 15.1 Å². The summed E-state index contributed by atoms with van der Waals surface area (Å²) in [4.78, 5) is 17.8. The highest BCUT2D eigenvalue weighted by atomic mass is 35.5. The molecule has 5 rings (SSSR count). The van der Waals surface area contributed by atoms with Crippen LogP contribution in [0.3, 0.4) is 0 Å². The normalized spacial score (nSPS) is 15.0. The van der Waals surface area contributed by atoms with E-state index in [1.807, 2.05) is 43.3 Å². The third-order valence-electron chi connectivity index (χ3n) is 8.56. The van der Waals surface area contributed by atoms with E-state index < -0.39 is 18.6 Å². The first-order chi connectivity index (χ1) is 24.2. The number of halogens is 1. The van der Waals surface area contributed by atoms with Gasteiger partial charge in [-0.2, -0.15) is 5.26 Å². The van der Waals surface area contributed by atoms with Gasteiger partial charge in [0.25, 0.3) is 0 Å². The molecule has 4 aromatic rings. The zero-order valence-electron chi connectivity index (χ0n) is 27.8. The van der Waals surface area contributed by atoms with Crippen LogP contribution in [0.25, 0.3) is 11.1 Å². The fraction of sp³-hybridized carbons (Fsp3) is 0.342. The maximum absolute atomic E-state index is 11.5. The van der Waals surface area contributed by atoms with Gasteiger partial charge in [-0.15, -0.1) is 0 Å². The number of hydrogen-bond donors (Lipinski definition) is 4. The second-order valence-electron chi connectivity index (χ2n) is 12.2. The lowest BCUT2D eigenvalue weighted by Crippen LogP contribution is -2.39. The molecule has 11 nitrogen and oxygen atoms in total. The number of likely N-dealkylation sites (tertiary alicyclic amines) is 1. The fourth-order valence-electron chi connectivity index (χ4n) is 5.77. The van der Waals surface area contributed by atoms with Crippen LogP contribution >= 0.6 is 11.6 Å². The van der Waals surface area contributed by atoms with Crippen molar-refractivity contribution in [2.75, 3.05) is 32.8 Å². The van der Waals surface area contributed by atoms with E-state index in [1.165, 1.54) is 6.20 Å². The Bertz CT molecular complexity index is 1810. The van der Waals surface area contributed by atoms with Crippen molar-refractivity contribution in [3.63, 3.8) is 0 Å². The molecular formula is C38H41ClN4O7. The summed E-state index contributed by atoms with van der Waals surface area (Å²) < 4.78 is 18.4. The van der Waals surface area contributed by atoms with Crippen LogP contribution in [0.4, 0.5) is 0 Å². The van der Waals surface area contributed by atoms with Gasteiger partial charge in [-0.05, 0) is 66.3 Å². The molecule has 0 amide bonds. The van der Waals surface area contributed by atoms with Crippen molar-refractivity contribution in [1.82, 2.24) is 15.2 Å². The molecular weight excluding hydrogens is 660 g/mol. The van der Waals surface area contributed by atoms with Gasteiger partial charge < -0.3 is 34.4 Å². The van der Waals surface area contributed by atoms with E-state index in [9.17, 15) is 25.4 Å². The summed E-state index contributed by atoms with van der Waals surface area (Å²) in [5.74, 6) is 0.367. The van der Waals surface area contributed by atoms with Gasteiger partial charge in [-0.1, -0.05) is 41.9 Å². The Hall–Kier alpha value is -4.70. The molecule has 1 aromatic heterocycles. The minimum atomic E-state index is -1.19. The number of aromatic nitrogens is 1. The van der Waals surface area contributed by atoms with Crippen molar-refractivity contribution in [2.45, 2.75) is 51.7 Å². The fourth-order valence-corrected chi connectivity index (χ4v) is 6.01. The predicted molar refractivity (Wildman–Crippen MR) is 188 cm³/mol. The highest BCUT2D eigenvalue weighted by Crippen LogP contribution is 2.35. The van der Waals surface area contributed by atoms with Crippen LogP contribution in [0.5, 0.6) is 17.2 Å². The summed E-state index contributed by atoms with van der Waals surface area (Å²) in [6, 6.07) is 19.9. The summed E-state index contributed by atoms with van der Waals surface area (Å²) >= 11 is 6.67. The van der Waals surface area contributed by atoms with Crippen molar-refractivity contribution >= 4 is 17.6 Å². The van der Waals surface area contributed by atoms with E-state index >= 15 is 0 Å². The SMILES string of the molecule is Cc1c(COc2cc(OCc3cncc(C#N)c3)c(CN[C@H](CO)C(=O)O)cc2Cl)cccc1-c1cccc(OCCCN2CC[C@@H](O)C2)c1. The van der Waals surface area contributed by atoms with Gasteiger partial charge in [0.05, 0.1) is 29.9 Å². The van der Waals surface area contributed by atoms with Crippen LogP contribution in [0.1, 0.15) is 40.7 Å². The molecule has 50 heavy (non-hydrogen) atoms. The van der Waals surface area contributed by atoms with Gasteiger partial charge in [-0.25, -0.2) is 0 Å². The van der Waals surface area contributed by atoms with E-state index in [1.54, 1.807) is 24.4 Å². The van der Waals surface area contributed by atoms with E-state index in [0.717, 1.165) is 60.5 Å². The lowest BCUT2D eigenvalue weighted by Gasteiger charge is -2.18. The van der Waals surface area contributed by atoms with Crippen LogP contribution in [-0.2, 0) is 24.6 Å². The van der Waals surface area contributed by atoms with Crippen molar-refractivity contribution in [3.05, 3.63) is 106 Å². The summed E-state index contributed by atoms with van der Waals surface area (Å²) in [6.07, 6.45) is 4.55. The van der Waals surface area contributed by atoms with Gasteiger partial charge >= 0.3 is 5.97 Å². The lowest BCUT2D eigenvalue weighted by atomic mass is 9.96. The van der Waals surface area contributed by atoms with E-state index in [2.05, 4.69) is 27.3 Å². The predicted octanol–water partition coefficient (Wildman–Crippen LogP) is 5.11. The van der Waals surface area contributed by atoms with Crippen LogP contribution in [0, 0.1) is 18.3 Å². The Morgan fingerprint density at radius 1 is 1.08 bits per heavy atom. The quantitative estimate of drug-likeness (QED) is 0.109. The molecule has 4 N–H and O–H groups in total. The Kier molecular flexibility index (Phi) is 13.0. The molecule has 1 aliphatic rings. The van der Waals surface area contributed by atoms with Crippen LogP contribution in [0.15, 0.2) is 73.1 Å². The Balaban J connectivity index is 1.28. The number of benzene rings is 3. The number of nitriles is 1. The molecule has 1 fully saturated rings. The lowest BCUT2D eigenvalue weighted by molar-refractivity contribution is -0.140. The van der Waals surface area contributed by atoms with Gasteiger partial charge in [0.15, 0.2) is 0 Å². The second kappa shape index (κ2) is 17.8. The molecule has 12 heteroatoms. The second-order valence-corrected chi connectivity index (χ2v) is 12.6. The molecule has 1 saturated heterocycles. The number of nitrogens with one attached hydrogen (secondary N) is 1. The third kappa shape index (κ3) is 9.94. The molecule has 1 aliphatic heterocycles.